The molecule has 2 N–H and O–H groups in total. The molecule has 29 heavy (non-hydrogen) atoms. The van der Waals surface area contributed by atoms with E-state index >= 15 is 0 Å². The molecular weight excluding hydrogens is 406 g/mol. The summed E-state index contributed by atoms with van der Waals surface area (Å²) in [7, 11) is 0. The zero-order chi connectivity index (χ0) is 20.2. The second-order valence-corrected chi connectivity index (χ2v) is 9.44. The maximum atomic E-state index is 12.4. The number of anilines is 1. The third-order valence-electron chi connectivity index (χ3n) is 5.63. The first-order valence-corrected chi connectivity index (χ1v) is 11.4. The lowest BCUT2D eigenvalue weighted by Gasteiger charge is -2.32. The van der Waals surface area contributed by atoms with Gasteiger partial charge in [0.2, 0.25) is 5.91 Å². The molecule has 0 spiro atoms. The van der Waals surface area contributed by atoms with E-state index < -0.39 is 0 Å². The molecule has 0 bridgehead atoms. The molecule has 2 fully saturated rings. The van der Waals surface area contributed by atoms with Crippen molar-refractivity contribution in [1.82, 2.24) is 10.2 Å². The number of carbonyl (C=O) groups excluding carboxylic acids is 2. The summed E-state index contributed by atoms with van der Waals surface area (Å²) in [6.45, 7) is 3.61. The average molecular weight is 432 g/mol. The number of hydrogen-bond donors (Lipinski definition) is 2. The van der Waals surface area contributed by atoms with Crippen LogP contribution in [0.1, 0.15) is 40.9 Å². The molecule has 1 saturated carbocycles. The van der Waals surface area contributed by atoms with Gasteiger partial charge in [0.05, 0.1) is 9.88 Å². The number of amides is 2. The summed E-state index contributed by atoms with van der Waals surface area (Å²) in [6.07, 6.45) is 4.08. The Balaban J connectivity index is 1.19. The van der Waals surface area contributed by atoms with Gasteiger partial charge in [0.1, 0.15) is 0 Å². The van der Waals surface area contributed by atoms with Gasteiger partial charge < -0.3 is 10.6 Å². The summed E-state index contributed by atoms with van der Waals surface area (Å²) in [4.78, 5) is 27.3. The van der Waals surface area contributed by atoms with E-state index in [4.69, 9.17) is 11.6 Å². The van der Waals surface area contributed by atoms with Gasteiger partial charge in [-0.2, -0.15) is 0 Å². The number of likely N-dealkylation sites (tertiary alicyclic amines) is 1. The van der Waals surface area contributed by atoms with Crippen LogP contribution in [0.3, 0.4) is 0 Å². The predicted octanol–water partition coefficient (Wildman–Crippen LogP) is 4.39. The first kappa shape index (κ1) is 20.4. The Morgan fingerprint density at radius 1 is 1.07 bits per heavy atom. The molecule has 1 saturated heterocycles. The lowest BCUT2D eigenvalue weighted by molar-refractivity contribution is -0.117. The minimum atomic E-state index is -0.0552. The van der Waals surface area contributed by atoms with Gasteiger partial charge in [0, 0.05) is 24.0 Å². The Hall–Kier alpha value is -1.89. The van der Waals surface area contributed by atoms with Crippen LogP contribution in [0.15, 0.2) is 36.4 Å². The van der Waals surface area contributed by atoms with Crippen molar-refractivity contribution in [1.29, 1.82) is 0 Å². The zero-order valence-electron chi connectivity index (χ0n) is 16.3. The van der Waals surface area contributed by atoms with E-state index in [-0.39, 0.29) is 17.7 Å². The molecule has 5 nitrogen and oxygen atoms in total. The monoisotopic (exact) mass is 431 g/mol. The predicted molar refractivity (Wildman–Crippen MR) is 117 cm³/mol. The fraction of sp³-hybridized carbons (Fsp3) is 0.455. The third kappa shape index (κ3) is 5.59. The number of thiophene rings is 1. The lowest BCUT2D eigenvalue weighted by Crippen LogP contribution is -2.38. The molecule has 1 aliphatic heterocycles. The second kappa shape index (κ2) is 9.28. The molecule has 1 aromatic heterocycles. The summed E-state index contributed by atoms with van der Waals surface area (Å²) >= 11 is 7.61. The molecule has 4 rings (SSSR count). The highest BCUT2D eigenvalue weighted by molar-refractivity contribution is 7.18. The summed E-state index contributed by atoms with van der Waals surface area (Å²) in [6, 6.07) is 11.6. The summed E-state index contributed by atoms with van der Waals surface area (Å²) in [5, 5.41) is 7.54. The number of nitrogens with one attached hydrogen (secondary N) is 2. The Labute approximate surface area is 180 Å². The lowest BCUT2D eigenvalue weighted by atomic mass is 9.96. The Morgan fingerprint density at radius 2 is 1.83 bits per heavy atom. The maximum Gasteiger partial charge on any atom is 0.261 e. The van der Waals surface area contributed by atoms with E-state index in [0.717, 1.165) is 55.3 Å². The van der Waals surface area contributed by atoms with Crippen molar-refractivity contribution < 1.29 is 9.59 Å². The van der Waals surface area contributed by atoms with Gasteiger partial charge in [-0.25, -0.2) is 0 Å². The highest BCUT2D eigenvalue weighted by Crippen LogP contribution is 2.31. The number of rotatable bonds is 7. The van der Waals surface area contributed by atoms with E-state index in [2.05, 4.69) is 21.6 Å². The number of piperidine rings is 1. The maximum absolute atomic E-state index is 12.4. The molecule has 2 aliphatic rings. The Bertz CT molecular complexity index is 872. The van der Waals surface area contributed by atoms with E-state index in [1.54, 1.807) is 6.07 Å². The normalized spacial score (nSPS) is 17.8. The van der Waals surface area contributed by atoms with E-state index in [1.165, 1.54) is 16.9 Å². The number of hydrogen-bond acceptors (Lipinski definition) is 4. The topological polar surface area (TPSA) is 61.4 Å². The quantitative estimate of drug-likeness (QED) is 0.683. The van der Waals surface area contributed by atoms with E-state index in [0.29, 0.717) is 17.3 Å². The van der Waals surface area contributed by atoms with Crippen LogP contribution >= 0.6 is 22.9 Å². The van der Waals surface area contributed by atoms with Gasteiger partial charge in [-0.1, -0.05) is 29.8 Å². The van der Waals surface area contributed by atoms with Crippen LogP contribution in [0.4, 0.5) is 5.00 Å². The average Bonchev–Trinajstić information content (AvgIpc) is 3.48. The fourth-order valence-corrected chi connectivity index (χ4v) is 4.66. The molecule has 154 valence electrons. The van der Waals surface area contributed by atoms with Crippen LogP contribution in [0, 0.1) is 11.8 Å². The molecule has 1 aromatic carbocycles. The summed E-state index contributed by atoms with van der Waals surface area (Å²) < 4.78 is 0. The minimum Gasteiger partial charge on any atom is -0.351 e. The standard InChI is InChI=1S/C22H26ClN3O2S/c23-18-4-2-1-3-17(18)14-26-11-9-15(10-12-26)13-24-22(28)19-7-8-20(29-19)25-21(27)16-5-6-16/h1-4,7-8,15-16H,5-6,9-14H2,(H,24,28)(H,25,27). The summed E-state index contributed by atoms with van der Waals surface area (Å²) in [5.41, 5.74) is 1.17. The van der Waals surface area contributed by atoms with E-state index in [9.17, 15) is 9.59 Å². The smallest absolute Gasteiger partial charge is 0.261 e. The Morgan fingerprint density at radius 3 is 2.55 bits per heavy atom. The highest BCUT2D eigenvalue weighted by Gasteiger charge is 2.30. The fourth-order valence-electron chi connectivity index (χ4n) is 3.64. The number of carbonyl (C=O) groups is 2. The van der Waals surface area contributed by atoms with Crippen molar-refractivity contribution in [2.24, 2.45) is 11.8 Å². The van der Waals surface area contributed by atoms with Crippen molar-refractivity contribution in [3.05, 3.63) is 51.9 Å². The van der Waals surface area contributed by atoms with Crippen LogP contribution in [0.5, 0.6) is 0 Å². The number of nitrogens with zero attached hydrogens (tertiary/aromatic N) is 1. The highest BCUT2D eigenvalue weighted by atomic mass is 35.5. The molecule has 0 unspecified atom stereocenters. The van der Waals surface area contributed by atoms with Crippen LogP contribution in [0.2, 0.25) is 5.02 Å². The van der Waals surface area contributed by atoms with Crippen LogP contribution in [-0.4, -0.2) is 36.3 Å². The van der Waals surface area contributed by atoms with Crippen molar-refractivity contribution in [2.45, 2.75) is 32.2 Å². The SMILES string of the molecule is O=C(NCC1CCN(Cc2ccccc2Cl)CC1)c1ccc(NC(=O)C2CC2)s1. The van der Waals surface area contributed by atoms with E-state index in [1.807, 2.05) is 24.3 Å². The zero-order valence-corrected chi connectivity index (χ0v) is 17.9. The molecule has 0 radical (unpaired) electrons. The van der Waals surface area contributed by atoms with Gasteiger partial charge in [-0.3, -0.25) is 14.5 Å². The van der Waals surface area contributed by atoms with Gasteiger partial charge in [-0.05, 0) is 68.5 Å². The largest absolute Gasteiger partial charge is 0.351 e. The van der Waals surface area contributed by atoms with Gasteiger partial charge in [0.25, 0.3) is 5.91 Å². The molecule has 7 heteroatoms. The Kier molecular flexibility index (Phi) is 6.53. The van der Waals surface area contributed by atoms with Gasteiger partial charge in [0.15, 0.2) is 0 Å². The molecule has 0 atom stereocenters. The van der Waals surface area contributed by atoms with Crippen molar-refractivity contribution in [2.75, 3.05) is 25.0 Å². The molecule has 2 amide bonds. The minimum absolute atomic E-state index is 0.0552. The van der Waals surface area contributed by atoms with Crippen molar-refractivity contribution >= 4 is 39.8 Å². The van der Waals surface area contributed by atoms with Crippen molar-refractivity contribution in [3.8, 4) is 0 Å². The molecule has 2 heterocycles. The van der Waals surface area contributed by atoms with Gasteiger partial charge in [-0.15, -0.1) is 11.3 Å². The molecule has 1 aliphatic carbocycles. The van der Waals surface area contributed by atoms with Crippen LogP contribution in [-0.2, 0) is 11.3 Å². The van der Waals surface area contributed by atoms with Crippen LogP contribution in [0.25, 0.3) is 0 Å². The van der Waals surface area contributed by atoms with Crippen molar-refractivity contribution in [3.63, 3.8) is 0 Å². The molecule has 2 aromatic rings. The first-order valence-electron chi connectivity index (χ1n) is 10.2. The number of benzene rings is 1. The summed E-state index contributed by atoms with van der Waals surface area (Å²) in [5.74, 6) is 0.677. The third-order valence-corrected chi connectivity index (χ3v) is 7.00. The van der Waals surface area contributed by atoms with Crippen LogP contribution < -0.4 is 10.6 Å². The number of halogens is 1. The first-order chi connectivity index (χ1) is 14.1. The van der Waals surface area contributed by atoms with Gasteiger partial charge >= 0.3 is 0 Å². The molecular formula is C22H26ClN3O2S. The second-order valence-electron chi connectivity index (χ2n) is 7.95.